The molecule has 1 amide bonds. The number of sulfonamides is 1. The van der Waals surface area contributed by atoms with Gasteiger partial charge >= 0.3 is 0 Å². The zero-order chi connectivity index (χ0) is 26.7. The molecule has 3 aromatic carbocycles. The molecule has 0 unspecified atom stereocenters. The summed E-state index contributed by atoms with van der Waals surface area (Å²) in [6.45, 7) is 0.856. The number of anilines is 2. The predicted molar refractivity (Wildman–Crippen MR) is 150 cm³/mol. The SMILES string of the molecule is COc1ccc(Cl)c2sc(N(CCN(C)C)C(=O)c3ccccc3NS(=O)(=O)c3ccc(Cl)cc3)nc12. The first-order valence-corrected chi connectivity index (χ1v) is 14.1. The molecule has 4 aromatic rings. The Labute approximate surface area is 229 Å². The number of nitrogens with zero attached hydrogens (tertiary/aromatic N) is 3. The van der Waals surface area contributed by atoms with Crippen molar-refractivity contribution in [3.05, 3.63) is 76.3 Å². The second-order valence-corrected chi connectivity index (χ2v) is 11.8. The topological polar surface area (TPSA) is 91.8 Å². The molecule has 4 rings (SSSR count). The first-order chi connectivity index (χ1) is 17.6. The zero-order valence-corrected chi connectivity index (χ0v) is 23.4. The molecule has 1 heterocycles. The van der Waals surface area contributed by atoms with Gasteiger partial charge in [-0.15, -0.1) is 0 Å². The Hall–Kier alpha value is -2.89. The maximum Gasteiger partial charge on any atom is 0.262 e. The van der Waals surface area contributed by atoms with E-state index in [1.165, 1.54) is 40.5 Å². The quantitative estimate of drug-likeness (QED) is 0.277. The van der Waals surface area contributed by atoms with Gasteiger partial charge in [0.1, 0.15) is 11.3 Å². The molecule has 194 valence electrons. The molecule has 0 bridgehead atoms. The third-order valence-electron chi connectivity index (χ3n) is 5.44. The van der Waals surface area contributed by atoms with Gasteiger partial charge in [-0.3, -0.25) is 14.4 Å². The average molecular weight is 580 g/mol. The van der Waals surface area contributed by atoms with Crippen LogP contribution in [0.4, 0.5) is 10.8 Å². The van der Waals surface area contributed by atoms with E-state index in [0.29, 0.717) is 44.2 Å². The number of halogens is 2. The van der Waals surface area contributed by atoms with Crippen molar-refractivity contribution in [1.29, 1.82) is 0 Å². The Bertz CT molecular complexity index is 1540. The predicted octanol–water partition coefficient (Wildman–Crippen LogP) is 5.62. The number of thiazole rings is 1. The Morgan fingerprint density at radius 2 is 1.73 bits per heavy atom. The second-order valence-electron chi connectivity index (χ2n) is 8.29. The molecule has 0 aliphatic heterocycles. The monoisotopic (exact) mass is 578 g/mol. The molecule has 0 aliphatic carbocycles. The molecule has 8 nitrogen and oxygen atoms in total. The van der Waals surface area contributed by atoms with Crippen molar-refractivity contribution in [2.24, 2.45) is 0 Å². The van der Waals surface area contributed by atoms with Crippen molar-refractivity contribution in [2.45, 2.75) is 4.90 Å². The summed E-state index contributed by atoms with van der Waals surface area (Å²) in [5.74, 6) is 0.128. The Morgan fingerprint density at radius 1 is 1.03 bits per heavy atom. The van der Waals surface area contributed by atoms with Crippen LogP contribution in [0, 0.1) is 0 Å². The first-order valence-electron chi connectivity index (χ1n) is 11.1. The van der Waals surface area contributed by atoms with E-state index < -0.39 is 15.9 Å². The van der Waals surface area contributed by atoms with Crippen LogP contribution in [0.3, 0.4) is 0 Å². The standard InChI is InChI=1S/C25H24Cl2N4O4S2/c1-30(2)14-15-31(25-28-22-21(35-3)13-12-19(27)23(22)36-25)24(32)18-6-4-5-7-20(18)29-37(33,34)17-10-8-16(26)9-11-17/h4-13,29H,14-15H2,1-3H3. The highest BCUT2D eigenvalue weighted by Gasteiger charge is 2.26. The molecule has 12 heteroatoms. The van der Waals surface area contributed by atoms with Gasteiger partial charge in [-0.2, -0.15) is 0 Å². The number of hydrogen-bond acceptors (Lipinski definition) is 7. The molecular weight excluding hydrogens is 555 g/mol. The Kier molecular flexibility index (Phi) is 8.25. The smallest absolute Gasteiger partial charge is 0.262 e. The number of carbonyl (C=O) groups excluding carboxylic acids is 1. The lowest BCUT2D eigenvalue weighted by molar-refractivity contribution is 0.0986. The van der Waals surface area contributed by atoms with Crippen molar-refractivity contribution >= 4 is 71.5 Å². The van der Waals surface area contributed by atoms with E-state index in [2.05, 4.69) is 9.71 Å². The number of aromatic nitrogens is 1. The van der Waals surface area contributed by atoms with Crippen LogP contribution in [0.5, 0.6) is 5.75 Å². The van der Waals surface area contributed by atoms with Crippen molar-refractivity contribution in [3.63, 3.8) is 0 Å². The molecule has 0 saturated heterocycles. The van der Waals surface area contributed by atoms with Crippen molar-refractivity contribution in [1.82, 2.24) is 9.88 Å². The van der Waals surface area contributed by atoms with E-state index >= 15 is 0 Å². The van der Waals surface area contributed by atoms with Gasteiger partial charge in [0.05, 0.1) is 33.0 Å². The summed E-state index contributed by atoms with van der Waals surface area (Å²) in [6.07, 6.45) is 0. The largest absolute Gasteiger partial charge is 0.494 e. The summed E-state index contributed by atoms with van der Waals surface area (Å²) in [5, 5.41) is 1.33. The summed E-state index contributed by atoms with van der Waals surface area (Å²) in [5.41, 5.74) is 0.875. The van der Waals surface area contributed by atoms with Gasteiger partial charge in [-0.05, 0) is 62.6 Å². The molecule has 0 radical (unpaired) electrons. The van der Waals surface area contributed by atoms with Crippen LogP contribution in [0.15, 0.2) is 65.6 Å². The molecule has 0 atom stereocenters. The van der Waals surface area contributed by atoms with E-state index in [1.54, 1.807) is 43.5 Å². The van der Waals surface area contributed by atoms with Crippen LogP contribution in [0.25, 0.3) is 10.2 Å². The number of amides is 1. The number of para-hydroxylation sites is 1. The van der Waals surface area contributed by atoms with Crippen LogP contribution in [0.1, 0.15) is 10.4 Å². The molecule has 1 aromatic heterocycles. The normalized spacial score (nSPS) is 11.6. The van der Waals surface area contributed by atoms with Gasteiger partial charge in [-0.1, -0.05) is 46.7 Å². The lowest BCUT2D eigenvalue weighted by Crippen LogP contribution is -2.37. The number of rotatable bonds is 9. The summed E-state index contributed by atoms with van der Waals surface area (Å²) < 4.78 is 34.7. The van der Waals surface area contributed by atoms with Crippen molar-refractivity contribution in [3.8, 4) is 5.75 Å². The minimum atomic E-state index is -3.97. The summed E-state index contributed by atoms with van der Waals surface area (Å²) in [4.78, 5) is 22.1. The fourth-order valence-corrected chi connectivity index (χ4v) is 6.01. The van der Waals surface area contributed by atoms with Crippen LogP contribution in [-0.4, -0.2) is 58.5 Å². The van der Waals surface area contributed by atoms with Crippen LogP contribution in [0.2, 0.25) is 10.0 Å². The zero-order valence-electron chi connectivity index (χ0n) is 20.2. The number of likely N-dealkylation sites (N-methyl/N-ethyl adjacent to an activating group) is 1. The van der Waals surface area contributed by atoms with Crippen LogP contribution in [-0.2, 0) is 10.0 Å². The molecule has 1 N–H and O–H groups in total. The fraction of sp³-hybridized carbons (Fsp3) is 0.200. The van der Waals surface area contributed by atoms with Crippen molar-refractivity contribution in [2.75, 3.05) is 43.9 Å². The Morgan fingerprint density at radius 3 is 2.41 bits per heavy atom. The minimum Gasteiger partial charge on any atom is -0.494 e. The van der Waals surface area contributed by atoms with E-state index in [9.17, 15) is 13.2 Å². The lowest BCUT2D eigenvalue weighted by Gasteiger charge is -2.23. The summed E-state index contributed by atoms with van der Waals surface area (Å²) >= 11 is 13.6. The van der Waals surface area contributed by atoms with E-state index in [-0.39, 0.29) is 16.1 Å². The third kappa shape index (κ3) is 6.00. The third-order valence-corrected chi connectivity index (χ3v) is 8.61. The van der Waals surface area contributed by atoms with Gasteiger partial charge in [0.25, 0.3) is 15.9 Å². The van der Waals surface area contributed by atoms with Crippen LogP contribution >= 0.6 is 34.5 Å². The highest BCUT2D eigenvalue weighted by Crippen LogP contribution is 2.39. The number of carbonyl (C=O) groups is 1. The average Bonchev–Trinajstić information content (AvgIpc) is 3.30. The van der Waals surface area contributed by atoms with Gasteiger partial charge in [0.15, 0.2) is 5.13 Å². The van der Waals surface area contributed by atoms with E-state index in [0.717, 1.165) is 0 Å². The number of nitrogens with one attached hydrogen (secondary N) is 1. The summed E-state index contributed by atoms with van der Waals surface area (Å²) in [6, 6.07) is 15.7. The van der Waals surface area contributed by atoms with Gasteiger partial charge in [0, 0.05) is 18.1 Å². The number of methoxy groups -OCH3 is 1. The van der Waals surface area contributed by atoms with Gasteiger partial charge in [-0.25, -0.2) is 13.4 Å². The number of hydrogen-bond donors (Lipinski definition) is 1. The minimum absolute atomic E-state index is 0.0246. The first kappa shape index (κ1) is 27.2. The molecular formula is C25H24Cl2N4O4S2. The number of benzene rings is 3. The maximum absolute atomic E-state index is 13.9. The van der Waals surface area contributed by atoms with E-state index in [1.807, 2.05) is 19.0 Å². The molecule has 0 aliphatic rings. The summed E-state index contributed by atoms with van der Waals surface area (Å²) in [7, 11) is 1.37. The molecule has 0 fully saturated rings. The second kappa shape index (κ2) is 11.2. The number of fused-ring (bicyclic) bond motifs is 1. The van der Waals surface area contributed by atoms with Gasteiger partial charge in [0.2, 0.25) is 0 Å². The van der Waals surface area contributed by atoms with E-state index in [4.69, 9.17) is 27.9 Å². The van der Waals surface area contributed by atoms with Crippen molar-refractivity contribution < 1.29 is 17.9 Å². The molecule has 37 heavy (non-hydrogen) atoms. The van der Waals surface area contributed by atoms with Crippen LogP contribution < -0.4 is 14.4 Å². The highest BCUT2D eigenvalue weighted by atomic mass is 35.5. The Balaban J connectivity index is 1.75. The van der Waals surface area contributed by atoms with Gasteiger partial charge < -0.3 is 9.64 Å². The molecule has 0 spiro atoms. The fourth-order valence-electron chi connectivity index (χ4n) is 3.53. The maximum atomic E-state index is 13.9. The lowest BCUT2D eigenvalue weighted by atomic mass is 10.1. The molecule has 0 saturated carbocycles. The number of ether oxygens (including phenoxy) is 1. The highest BCUT2D eigenvalue weighted by molar-refractivity contribution is 7.92.